The van der Waals surface area contributed by atoms with Gasteiger partial charge in [0.2, 0.25) is 5.91 Å². The molecule has 0 aromatic carbocycles. The van der Waals surface area contributed by atoms with Gasteiger partial charge in [-0.15, -0.1) is 0 Å². The van der Waals surface area contributed by atoms with Crippen molar-refractivity contribution >= 4 is 17.8 Å². The molecular weight excluding hydrogens is 188 g/mol. The van der Waals surface area contributed by atoms with E-state index in [4.69, 9.17) is 5.73 Å². The molecule has 0 radical (unpaired) electrons. The summed E-state index contributed by atoms with van der Waals surface area (Å²) in [5, 5.41) is 1.96. The van der Waals surface area contributed by atoms with Crippen LogP contribution in [0.4, 0.5) is 0 Å². The highest BCUT2D eigenvalue weighted by molar-refractivity contribution is 6.13. The minimum Gasteiger partial charge on any atom is -0.465 e. The largest absolute Gasteiger partial charge is 0.465 e. The molecule has 1 heterocycles. The minimum absolute atomic E-state index is 0.0859. The molecule has 1 atom stereocenters. The summed E-state index contributed by atoms with van der Waals surface area (Å²) < 4.78 is 4.63. The second-order valence-corrected chi connectivity index (χ2v) is 2.68. The van der Waals surface area contributed by atoms with Gasteiger partial charge in [-0.05, 0) is 6.92 Å². The molecule has 6 nitrogen and oxygen atoms in total. The van der Waals surface area contributed by atoms with Gasteiger partial charge < -0.3 is 10.5 Å². The zero-order valence-corrected chi connectivity index (χ0v) is 7.57. The summed E-state index contributed by atoms with van der Waals surface area (Å²) >= 11 is 0. The fraction of sp³-hybridized carbons (Fsp3) is 0.375. The third-order valence-electron chi connectivity index (χ3n) is 1.66. The second-order valence-electron chi connectivity index (χ2n) is 2.68. The van der Waals surface area contributed by atoms with E-state index < -0.39 is 23.7 Å². The molecule has 0 spiro atoms. The van der Waals surface area contributed by atoms with Gasteiger partial charge in [-0.3, -0.25) is 19.7 Å². The van der Waals surface area contributed by atoms with Gasteiger partial charge in [-0.1, -0.05) is 0 Å². The number of hydrogen-bond donors (Lipinski definition) is 2. The summed E-state index contributed by atoms with van der Waals surface area (Å²) in [6, 6.07) is 0. The first-order valence-electron chi connectivity index (χ1n) is 4.04. The molecule has 1 aliphatic heterocycles. The maximum atomic E-state index is 11.2. The normalized spacial score (nSPS) is 21.2. The van der Waals surface area contributed by atoms with E-state index in [0.29, 0.717) is 0 Å². The number of ether oxygens (including phenoxy) is 1. The van der Waals surface area contributed by atoms with E-state index >= 15 is 0 Å². The van der Waals surface area contributed by atoms with Gasteiger partial charge in [0.1, 0.15) is 0 Å². The van der Waals surface area contributed by atoms with Crippen LogP contribution in [0.1, 0.15) is 6.92 Å². The average molecular weight is 198 g/mol. The monoisotopic (exact) mass is 198 g/mol. The van der Waals surface area contributed by atoms with Crippen LogP contribution in [0.5, 0.6) is 0 Å². The van der Waals surface area contributed by atoms with Crippen molar-refractivity contribution in [2.75, 3.05) is 6.61 Å². The SMILES string of the molecule is CCOC(=O)[C@@H]1C(=O)NC(=O)C=C1N. The van der Waals surface area contributed by atoms with Crippen LogP contribution in [0.3, 0.4) is 0 Å². The number of carbonyl (C=O) groups excluding carboxylic acids is 3. The van der Waals surface area contributed by atoms with Crippen molar-refractivity contribution in [1.82, 2.24) is 5.32 Å². The van der Waals surface area contributed by atoms with E-state index in [1.54, 1.807) is 6.92 Å². The number of nitrogens with one attached hydrogen (secondary N) is 1. The molecule has 0 aliphatic carbocycles. The molecule has 0 saturated carbocycles. The molecule has 0 aromatic heterocycles. The maximum Gasteiger partial charge on any atom is 0.324 e. The minimum atomic E-state index is -1.20. The number of imide groups is 1. The zero-order chi connectivity index (χ0) is 10.7. The van der Waals surface area contributed by atoms with Gasteiger partial charge >= 0.3 is 5.97 Å². The van der Waals surface area contributed by atoms with Crippen molar-refractivity contribution in [1.29, 1.82) is 0 Å². The van der Waals surface area contributed by atoms with Crippen molar-refractivity contribution in [3.05, 3.63) is 11.8 Å². The third kappa shape index (κ3) is 1.90. The first-order chi connectivity index (χ1) is 6.56. The van der Waals surface area contributed by atoms with Crippen molar-refractivity contribution in [2.45, 2.75) is 6.92 Å². The molecule has 1 aliphatic rings. The molecule has 0 fully saturated rings. The van der Waals surface area contributed by atoms with Crippen LogP contribution < -0.4 is 11.1 Å². The van der Waals surface area contributed by atoms with Gasteiger partial charge in [-0.25, -0.2) is 0 Å². The fourth-order valence-electron chi connectivity index (χ4n) is 1.08. The molecule has 3 N–H and O–H groups in total. The second kappa shape index (κ2) is 3.91. The van der Waals surface area contributed by atoms with E-state index in [1.165, 1.54) is 0 Å². The number of rotatable bonds is 2. The van der Waals surface area contributed by atoms with Crippen LogP contribution >= 0.6 is 0 Å². The molecule has 76 valence electrons. The summed E-state index contributed by atoms with van der Waals surface area (Å²) in [5.41, 5.74) is 5.28. The fourth-order valence-corrected chi connectivity index (χ4v) is 1.08. The Morgan fingerprint density at radius 2 is 2.29 bits per heavy atom. The molecule has 0 saturated heterocycles. The quantitative estimate of drug-likeness (QED) is 0.325. The van der Waals surface area contributed by atoms with Gasteiger partial charge in [0, 0.05) is 11.8 Å². The van der Waals surface area contributed by atoms with Crippen molar-refractivity contribution in [3.8, 4) is 0 Å². The summed E-state index contributed by atoms with van der Waals surface area (Å²) in [5.74, 6) is -3.31. The van der Waals surface area contributed by atoms with E-state index in [9.17, 15) is 14.4 Å². The lowest BCUT2D eigenvalue weighted by Crippen LogP contribution is -2.45. The van der Waals surface area contributed by atoms with Gasteiger partial charge in [-0.2, -0.15) is 0 Å². The van der Waals surface area contributed by atoms with E-state index in [2.05, 4.69) is 4.74 Å². The third-order valence-corrected chi connectivity index (χ3v) is 1.66. The predicted molar refractivity (Wildman–Crippen MR) is 45.5 cm³/mol. The van der Waals surface area contributed by atoms with Crippen molar-refractivity contribution in [2.24, 2.45) is 11.7 Å². The lowest BCUT2D eigenvalue weighted by atomic mass is 10.0. The molecule has 2 amide bonds. The Kier molecular flexibility index (Phi) is 2.85. The van der Waals surface area contributed by atoms with Crippen LogP contribution in [-0.4, -0.2) is 24.4 Å². The predicted octanol–water partition coefficient (Wildman–Crippen LogP) is -1.34. The van der Waals surface area contributed by atoms with Crippen molar-refractivity contribution in [3.63, 3.8) is 0 Å². The number of amides is 2. The van der Waals surface area contributed by atoms with Crippen LogP contribution in [0.15, 0.2) is 11.8 Å². The lowest BCUT2D eigenvalue weighted by Gasteiger charge is -2.18. The number of carbonyl (C=O) groups is 3. The standard InChI is InChI=1S/C8H10N2O4/c1-2-14-8(13)6-4(9)3-5(11)10-7(6)12/h3,6H,2,9H2,1H3,(H,10,11,12)/t6-/m0/s1. The molecule has 6 heteroatoms. The highest BCUT2D eigenvalue weighted by Gasteiger charge is 2.34. The van der Waals surface area contributed by atoms with E-state index in [1.807, 2.05) is 5.32 Å². The summed E-state index contributed by atoms with van der Waals surface area (Å²) in [7, 11) is 0. The lowest BCUT2D eigenvalue weighted by molar-refractivity contribution is -0.151. The maximum absolute atomic E-state index is 11.2. The Balaban J connectivity index is 2.87. The first-order valence-corrected chi connectivity index (χ1v) is 4.04. The van der Waals surface area contributed by atoms with E-state index in [-0.39, 0.29) is 12.3 Å². The van der Waals surface area contributed by atoms with E-state index in [0.717, 1.165) is 6.08 Å². The summed E-state index contributed by atoms with van der Waals surface area (Å²) in [6.07, 6.45) is 1.00. The van der Waals surface area contributed by atoms with Crippen LogP contribution in [0, 0.1) is 5.92 Å². The first kappa shape index (κ1) is 10.2. The molecule has 0 aromatic rings. The number of esters is 1. The topological polar surface area (TPSA) is 98.5 Å². The van der Waals surface area contributed by atoms with Gasteiger partial charge in [0.15, 0.2) is 5.92 Å². The Labute approximate surface area is 80.1 Å². The Morgan fingerprint density at radius 1 is 1.64 bits per heavy atom. The van der Waals surface area contributed by atoms with Crippen LogP contribution in [-0.2, 0) is 19.1 Å². The smallest absolute Gasteiger partial charge is 0.324 e. The Morgan fingerprint density at radius 3 is 2.79 bits per heavy atom. The summed E-state index contributed by atoms with van der Waals surface area (Å²) in [4.78, 5) is 33.2. The van der Waals surface area contributed by atoms with Crippen LogP contribution in [0.25, 0.3) is 0 Å². The summed E-state index contributed by atoms with van der Waals surface area (Å²) in [6.45, 7) is 1.77. The highest BCUT2D eigenvalue weighted by atomic mass is 16.5. The molecule has 1 rings (SSSR count). The van der Waals surface area contributed by atoms with Gasteiger partial charge in [0.05, 0.1) is 6.61 Å². The number of nitrogens with two attached hydrogens (primary N) is 1. The highest BCUT2D eigenvalue weighted by Crippen LogP contribution is 2.12. The number of hydrogen-bond acceptors (Lipinski definition) is 5. The zero-order valence-electron chi connectivity index (χ0n) is 7.57. The van der Waals surface area contributed by atoms with Gasteiger partial charge in [0.25, 0.3) is 5.91 Å². The Hall–Kier alpha value is -1.85. The average Bonchev–Trinajstić information content (AvgIpc) is 2.01. The molecule has 0 bridgehead atoms. The van der Waals surface area contributed by atoms with Crippen molar-refractivity contribution < 1.29 is 19.1 Å². The Bertz CT molecular complexity index is 321. The molecule has 0 unspecified atom stereocenters. The van der Waals surface area contributed by atoms with Crippen LogP contribution in [0.2, 0.25) is 0 Å². The molecule has 14 heavy (non-hydrogen) atoms. The molecular formula is C8H10N2O4.